The van der Waals surface area contributed by atoms with E-state index in [9.17, 15) is 5.11 Å². The highest BCUT2D eigenvalue weighted by atomic mass is 16.5. The fourth-order valence-corrected chi connectivity index (χ4v) is 4.00. The van der Waals surface area contributed by atoms with Crippen LogP contribution in [0.4, 0.5) is 0 Å². The average Bonchev–Trinajstić information content (AvgIpc) is 3.20. The summed E-state index contributed by atoms with van der Waals surface area (Å²) in [6.45, 7) is 10.2. The molecule has 34 heavy (non-hydrogen) atoms. The van der Waals surface area contributed by atoms with Crippen molar-refractivity contribution >= 4 is 0 Å². The smallest absolute Gasteiger partial charge is 0.227 e. The summed E-state index contributed by atoms with van der Waals surface area (Å²) in [4.78, 5) is 2.29. The first kappa shape index (κ1) is 25.5. The highest BCUT2D eigenvalue weighted by Gasteiger charge is 2.23. The van der Waals surface area contributed by atoms with Crippen molar-refractivity contribution in [2.24, 2.45) is 0 Å². The Morgan fingerprint density at radius 3 is 2.41 bits per heavy atom. The van der Waals surface area contributed by atoms with Gasteiger partial charge in [0.1, 0.15) is 11.5 Å². The van der Waals surface area contributed by atoms with Gasteiger partial charge in [0.15, 0.2) is 0 Å². The van der Waals surface area contributed by atoms with Crippen molar-refractivity contribution in [2.45, 2.75) is 52.2 Å². The van der Waals surface area contributed by atoms with Crippen LogP contribution in [0.2, 0.25) is 0 Å². The highest BCUT2D eigenvalue weighted by molar-refractivity contribution is 5.44. The van der Waals surface area contributed by atoms with Gasteiger partial charge in [-0.25, -0.2) is 4.68 Å². The van der Waals surface area contributed by atoms with Crippen molar-refractivity contribution in [3.63, 3.8) is 0 Å². The summed E-state index contributed by atoms with van der Waals surface area (Å²) in [5.41, 5.74) is 2.99. The summed E-state index contributed by atoms with van der Waals surface area (Å²) >= 11 is 0. The molecular weight excluding hydrogens is 426 g/mol. The van der Waals surface area contributed by atoms with Crippen molar-refractivity contribution in [3.8, 4) is 23.1 Å². The lowest BCUT2D eigenvalue weighted by atomic mass is 10.1. The average molecular weight is 464 g/mol. The van der Waals surface area contributed by atoms with Gasteiger partial charge in [-0.05, 0) is 68.6 Å². The first-order valence-electron chi connectivity index (χ1n) is 12.1. The van der Waals surface area contributed by atoms with Crippen molar-refractivity contribution in [1.82, 2.24) is 14.7 Å². The Hall–Kier alpha value is -3.09. The van der Waals surface area contributed by atoms with Crippen molar-refractivity contribution in [1.29, 1.82) is 0 Å². The second-order valence-corrected chi connectivity index (χ2v) is 8.36. The molecule has 3 aromatic rings. The number of aliphatic hydroxyl groups is 1. The third-order valence-corrected chi connectivity index (χ3v) is 5.72. The number of hydrogen-bond acceptors (Lipinski definition) is 5. The van der Waals surface area contributed by atoms with E-state index in [1.807, 2.05) is 65.4 Å². The van der Waals surface area contributed by atoms with E-state index in [4.69, 9.17) is 14.6 Å². The quantitative estimate of drug-likeness (QED) is 0.307. The molecule has 0 radical (unpaired) electrons. The number of ether oxygens (including phenoxy) is 2. The van der Waals surface area contributed by atoms with Crippen LogP contribution in [0.15, 0.2) is 67.3 Å². The maximum absolute atomic E-state index is 10.6. The van der Waals surface area contributed by atoms with Gasteiger partial charge in [0.2, 0.25) is 5.88 Å². The molecule has 0 saturated heterocycles. The Balaban J connectivity index is 1.99. The van der Waals surface area contributed by atoms with Crippen LogP contribution in [-0.2, 0) is 13.0 Å². The first-order chi connectivity index (χ1) is 16.6. The number of nitrogens with zero attached hydrogens (tertiary/aromatic N) is 3. The molecule has 0 spiro atoms. The minimum absolute atomic E-state index is 0.398. The van der Waals surface area contributed by atoms with Gasteiger partial charge in [0.05, 0.1) is 30.2 Å². The Morgan fingerprint density at radius 1 is 1.09 bits per heavy atom. The monoisotopic (exact) mass is 463 g/mol. The van der Waals surface area contributed by atoms with Gasteiger partial charge in [-0.1, -0.05) is 38.1 Å². The Kier molecular flexibility index (Phi) is 9.74. The third kappa shape index (κ3) is 6.72. The zero-order chi connectivity index (χ0) is 24.3. The molecule has 0 saturated carbocycles. The summed E-state index contributed by atoms with van der Waals surface area (Å²) in [7, 11) is 1.65. The zero-order valence-electron chi connectivity index (χ0n) is 20.6. The molecule has 1 atom stereocenters. The van der Waals surface area contributed by atoms with Crippen LogP contribution in [0.3, 0.4) is 0 Å². The van der Waals surface area contributed by atoms with Crippen molar-refractivity contribution < 1.29 is 14.6 Å². The first-order valence-corrected chi connectivity index (χ1v) is 12.1. The van der Waals surface area contributed by atoms with E-state index in [0.29, 0.717) is 25.4 Å². The van der Waals surface area contributed by atoms with Gasteiger partial charge in [0, 0.05) is 13.1 Å². The van der Waals surface area contributed by atoms with Gasteiger partial charge in [-0.3, -0.25) is 4.90 Å². The molecule has 1 N–H and O–H groups in total. The normalized spacial score (nSPS) is 12.0. The van der Waals surface area contributed by atoms with E-state index >= 15 is 0 Å². The standard InChI is InChI=1S/C28H37N3O3/c1-5-8-14-23(32)20-30(19-6-2)21-26-27(7-3)29-31(22-12-10-9-11-13-22)28(26)34-25-17-15-24(33-4)16-18-25/h5,9-13,15-18,23,32H,1,6-8,14,19-21H2,2-4H3/t23-/m0/s1. The van der Waals surface area contributed by atoms with Crippen LogP contribution in [0.25, 0.3) is 5.69 Å². The molecule has 6 heteroatoms. The lowest BCUT2D eigenvalue weighted by Crippen LogP contribution is -2.33. The number of benzene rings is 2. The minimum Gasteiger partial charge on any atom is -0.497 e. The molecular formula is C28H37N3O3. The fourth-order valence-electron chi connectivity index (χ4n) is 4.00. The summed E-state index contributed by atoms with van der Waals surface area (Å²) < 4.78 is 13.6. The van der Waals surface area contributed by atoms with Crippen LogP contribution in [-0.4, -0.2) is 46.1 Å². The Labute approximate surface area is 203 Å². The molecule has 0 bridgehead atoms. The number of aryl methyl sites for hydroxylation is 1. The fraction of sp³-hybridized carbons (Fsp3) is 0.393. The maximum Gasteiger partial charge on any atom is 0.227 e. The second-order valence-electron chi connectivity index (χ2n) is 8.36. The van der Waals surface area contributed by atoms with E-state index in [2.05, 4.69) is 25.3 Å². The zero-order valence-corrected chi connectivity index (χ0v) is 20.6. The molecule has 1 aromatic heterocycles. The van der Waals surface area contributed by atoms with E-state index in [-0.39, 0.29) is 0 Å². The molecule has 0 aliphatic rings. The van der Waals surface area contributed by atoms with Gasteiger partial charge in [0.25, 0.3) is 0 Å². The van der Waals surface area contributed by atoms with Crippen molar-refractivity contribution in [2.75, 3.05) is 20.2 Å². The predicted octanol–water partition coefficient (Wildman–Crippen LogP) is 5.77. The van der Waals surface area contributed by atoms with E-state index < -0.39 is 6.10 Å². The largest absolute Gasteiger partial charge is 0.497 e. The van der Waals surface area contributed by atoms with E-state index in [0.717, 1.165) is 54.3 Å². The van der Waals surface area contributed by atoms with Gasteiger partial charge in [-0.2, -0.15) is 5.10 Å². The third-order valence-electron chi connectivity index (χ3n) is 5.72. The molecule has 3 rings (SSSR count). The Bertz CT molecular complexity index is 1020. The van der Waals surface area contributed by atoms with Gasteiger partial charge in [-0.15, -0.1) is 6.58 Å². The number of aromatic nitrogens is 2. The number of rotatable bonds is 14. The molecule has 6 nitrogen and oxygen atoms in total. The maximum atomic E-state index is 10.6. The molecule has 182 valence electrons. The number of methoxy groups -OCH3 is 1. The topological polar surface area (TPSA) is 59.8 Å². The number of hydrogen-bond donors (Lipinski definition) is 1. The lowest BCUT2D eigenvalue weighted by Gasteiger charge is -2.25. The van der Waals surface area contributed by atoms with Crippen LogP contribution < -0.4 is 9.47 Å². The predicted molar refractivity (Wildman–Crippen MR) is 137 cm³/mol. The molecule has 2 aromatic carbocycles. The number of aliphatic hydroxyl groups excluding tert-OH is 1. The van der Waals surface area contributed by atoms with Gasteiger partial charge >= 0.3 is 0 Å². The van der Waals surface area contributed by atoms with Crippen LogP contribution in [0.5, 0.6) is 17.4 Å². The summed E-state index contributed by atoms with van der Waals surface area (Å²) in [6.07, 6.45) is 4.75. The van der Waals surface area contributed by atoms with Crippen LogP contribution in [0.1, 0.15) is 44.4 Å². The molecule has 0 aliphatic carbocycles. The van der Waals surface area contributed by atoms with E-state index in [1.54, 1.807) is 7.11 Å². The molecule has 0 unspecified atom stereocenters. The molecule has 0 amide bonds. The van der Waals surface area contributed by atoms with Crippen LogP contribution in [0, 0.1) is 0 Å². The second kappa shape index (κ2) is 13.0. The molecule has 0 fully saturated rings. The van der Waals surface area contributed by atoms with Crippen molar-refractivity contribution in [3.05, 3.63) is 78.5 Å². The van der Waals surface area contributed by atoms with E-state index in [1.165, 1.54) is 0 Å². The van der Waals surface area contributed by atoms with Crippen LogP contribution >= 0.6 is 0 Å². The number of para-hydroxylation sites is 1. The summed E-state index contributed by atoms with van der Waals surface area (Å²) in [6, 6.07) is 17.6. The Morgan fingerprint density at radius 2 is 1.79 bits per heavy atom. The molecule has 0 aliphatic heterocycles. The molecule has 1 heterocycles. The summed E-state index contributed by atoms with van der Waals surface area (Å²) in [5, 5.41) is 15.5. The highest BCUT2D eigenvalue weighted by Crippen LogP contribution is 2.33. The minimum atomic E-state index is -0.398. The lowest BCUT2D eigenvalue weighted by molar-refractivity contribution is 0.102. The SMILES string of the molecule is C=CCC[C@H](O)CN(CCC)Cc1c(CC)nn(-c2ccccc2)c1Oc1ccc(OC)cc1. The van der Waals surface area contributed by atoms with Gasteiger partial charge < -0.3 is 14.6 Å². The number of allylic oxidation sites excluding steroid dienone is 1. The summed E-state index contributed by atoms with van der Waals surface area (Å²) in [5.74, 6) is 2.20.